The molecule has 1 atom stereocenters. The average molecular weight is 505 g/mol. The van der Waals surface area contributed by atoms with E-state index < -0.39 is 6.04 Å². The third-order valence-corrected chi connectivity index (χ3v) is 7.26. The van der Waals surface area contributed by atoms with Gasteiger partial charge in [-0.1, -0.05) is 48.7 Å². The molecule has 2 amide bonds. The molecule has 1 fully saturated rings. The molecular formula is C26H28N6O3S. The van der Waals surface area contributed by atoms with Crippen LogP contribution in [0, 0.1) is 6.92 Å². The third-order valence-electron chi connectivity index (χ3n) is 6.34. The van der Waals surface area contributed by atoms with E-state index in [9.17, 15) is 9.59 Å². The van der Waals surface area contributed by atoms with Crippen LogP contribution in [0.3, 0.4) is 0 Å². The quantitative estimate of drug-likeness (QED) is 0.367. The Morgan fingerprint density at radius 2 is 1.97 bits per heavy atom. The molecule has 0 spiro atoms. The van der Waals surface area contributed by atoms with Crippen molar-refractivity contribution in [2.45, 2.75) is 57.8 Å². The van der Waals surface area contributed by atoms with E-state index in [-0.39, 0.29) is 30.9 Å². The molecule has 9 nitrogen and oxygen atoms in total. The number of furan rings is 1. The number of hydrogen-bond acceptors (Lipinski definition) is 7. The van der Waals surface area contributed by atoms with E-state index in [1.807, 2.05) is 48.7 Å². The van der Waals surface area contributed by atoms with E-state index in [1.165, 1.54) is 16.1 Å². The Bertz CT molecular complexity index is 1280. The molecule has 1 N–H and O–H groups in total. The molecule has 186 valence electrons. The molecule has 1 aliphatic carbocycles. The van der Waals surface area contributed by atoms with Gasteiger partial charge in [-0.05, 0) is 48.6 Å². The number of nitrogens with zero attached hydrogens (tertiary/aromatic N) is 5. The average Bonchev–Trinajstić information content (AvgIpc) is 3.68. The molecule has 36 heavy (non-hydrogen) atoms. The van der Waals surface area contributed by atoms with Crippen LogP contribution < -0.4 is 5.32 Å². The minimum atomic E-state index is -0.789. The van der Waals surface area contributed by atoms with Crippen molar-refractivity contribution in [3.05, 3.63) is 76.4 Å². The number of tetrazole rings is 1. The zero-order valence-electron chi connectivity index (χ0n) is 20.0. The molecule has 0 bridgehead atoms. The van der Waals surface area contributed by atoms with Crippen LogP contribution in [0.25, 0.3) is 11.4 Å². The number of benzene rings is 1. The first-order valence-corrected chi connectivity index (χ1v) is 13.0. The zero-order valence-corrected chi connectivity index (χ0v) is 20.9. The summed E-state index contributed by atoms with van der Waals surface area (Å²) >= 11 is 1.45. The molecule has 4 aromatic rings. The molecule has 0 aliphatic heterocycles. The summed E-state index contributed by atoms with van der Waals surface area (Å²) in [6.45, 7) is 2.00. The molecular weight excluding hydrogens is 476 g/mol. The van der Waals surface area contributed by atoms with Crippen LogP contribution in [0.2, 0.25) is 0 Å². The molecule has 0 radical (unpaired) electrons. The standard InChI is InChI=1S/C26H28N6O3S/c1-18-10-12-19(13-11-18)25-28-30-32(29-25)17-23(33)31(16-21-8-4-14-35-21)24(22-9-5-15-36-22)26(34)27-20-6-2-3-7-20/h4-5,8-15,20,24H,2-3,6-7,16-17H2,1H3,(H,27,34)/t24-/m0/s1. The van der Waals surface area contributed by atoms with Gasteiger partial charge < -0.3 is 14.6 Å². The summed E-state index contributed by atoms with van der Waals surface area (Å²) in [4.78, 5) is 30.9. The van der Waals surface area contributed by atoms with Gasteiger partial charge in [0.25, 0.3) is 0 Å². The first-order chi connectivity index (χ1) is 17.6. The molecule has 3 heterocycles. The van der Waals surface area contributed by atoms with Gasteiger partial charge in [0, 0.05) is 16.5 Å². The Morgan fingerprint density at radius 3 is 2.67 bits per heavy atom. The lowest BCUT2D eigenvalue weighted by atomic mass is 10.1. The normalized spacial score (nSPS) is 14.6. The molecule has 1 aliphatic rings. The third kappa shape index (κ3) is 5.54. The number of aryl methyl sites for hydroxylation is 1. The maximum Gasteiger partial charge on any atom is 0.248 e. The van der Waals surface area contributed by atoms with Crippen molar-refractivity contribution in [3.8, 4) is 11.4 Å². The Hall–Kier alpha value is -3.79. The van der Waals surface area contributed by atoms with Crippen LogP contribution >= 0.6 is 11.3 Å². The zero-order chi connectivity index (χ0) is 24.9. The molecule has 0 saturated heterocycles. The fraction of sp³-hybridized carbons (Fsp3) is 0.346. The van der Waals surface area contributed by atoms with Crippen molar-refractivity contribution >= 4 is 23.2 Å². The fourth-order valence-corrected chi connectivity index (χ4v) is 5.29. The lowest BCUT2D eigenvalue weighted by molar-refractivity contribution is -0.142. The number of rotatable bonds is 9. The van der Waals surface area contributed by atoms with E-state index >= 15 is 0 Å². The van der Waals surface area contributed by atoms with Crippen LogP contribution in [0.5, 0.6) is 0 Å². The van der Waals surface area contributed by atoms with Crippen molar-refractivity contribution < 1.29 is 14.0 Å². The summed E-state index contributed by atoms with van der Waals surface area (Å²) in [5.41, 5.74) is 1.95. The lowest BCUT2D eigenvalue weighted by Crippen LogP contribution is -2.46. The van der Waals surface area contributed by atoms with Crippen LogP contribution in [-0.2, 0) is 22.7 Å². The van der Waals surface area contributed by atoms with Crippen LogP contribution in [0.15, 0.2) is 64.6 Å². The van der Waals surface area contributed by atoms with Gasteiger partial charge in [0.05, 0.1) is 12.8 Å². The van der Waals surface area contributed by atoms with E-state index in [2.05, 4.69) is 20.7 Å². The Kier molecular flexibility index (Phi) is 7.22. The number of carbonyl (C=O) groups excluding carboxylic acids is 2. The monoisotopic (exact) mass is 504 g/mol. The smallest absolute Gasteiger partial charge is 0.248 e. The molecule has 5 rings (SSSR count). The highest BCUT2D eigenvalue weighted by Gasteiger charge is 2.34. The van der Waals surface area contributed by atoms with Crippen molar-refractivity contribution in [3.63, 3.8) is 0 Å². The van der Waals surface area contributed by atoms with Gasteiger partial charge in [-0.2, -0.15) is 4.80 Å². The predicted octanol–water partition coefficient (Wildman–Crippen LogP) is 4.13. The molecule has 10 heteroatoms. The van der Waals surface area contributed by atoms with E-state index in [0.717, 1.165) is 41.7 Å². The van der Waals surface area contributed by atoms with E-state index in [0.29, 0.717) is 11.6 Å². The first kappa shape index (κ1) is 23.9. The maximum atomic E-state index is 13.7. The Morgan fingerprint density at radius 1 is 1.17 bits per heavy atom. The van der Waals surface area contributed by atoms with Crippen LogP contribution in [0.4, 0.5) is 0 Å². The van der Waals surface area contributed by atoms with Gasteiger partial charge in [0.1, 0.15) is 18.3 Å². The maximum absolute atomic E-state index is 13.7. The fourth-order valence-electron chi connectivity index (χ4n) is 4.46. The number of nitrogens with one attached hydrogen (secondary N) is 1. The van der Waals surface area contributed by atoms with Crippen molar-refractivity contribution in [1.82, 2.24) is 30.4 Å². The number of thiophene rings is 1. The molecule has 1 saturated carbocycles. The van der Waals surface area contributed by atoms with Crippen LogP contribution in [-0.4, -0.2) is 43.0 Å². The first-order valence-electron chi connectivity index (χ1n) is 12.1. The van der Waals surface area contributed by atoms with Gasteiger partial charge in [0.15, 0.2) is 0 Å². The topological polar surface area (TPSA) is 106 Å². The van der Waals surface area contributed by atoms with Gasteiger partial charge in [0.2, 0.25) is 17.6 Å². The summed E-state index contributed by atoms with van der Waals surface area (Å²) in [7, 11) is 0. The summed E-state index contributed by atoms with van der Waals surface area (Å²) in [5, 5.41) is 17.7. The number of aromatic nitrogens is 4. The van der Waals surface area contributed by atoms with Gasteiger partial charge in [-0.3, -0.25) is 9.59 Å². The molecule has 1 aromatic carbocycles. The molecule has 0 unspecified atom stereocenters. The number of hydrogen-bond donors (Lipinski definition) is 1. The largest absolute Gasteiger partial charge is 0.467 e. The van der Waals surface area contributed by atoms with Gasteiger partial charge in [-0.25, -0.2) is 0 Å². The second-order valence-electron chi connectivity index (χ2n) is 9.02. The summed E-state index contributed by atoms with van der Waals surface area (Å²) in [6, 6.07) is 14.5. The minimum Gasteiger partial charge on any atom is -0.467 e. The summed E-state index contributed by atoms with van der Waals surface area (Å²) < 4.78 is 5.54. The van der Waals surface area contributed by atoms with Crippen molar-refractivity contribution in [1.29, 1.82) is 0 Å². The molecule has 3 aromatic heterocycles. The highest BCUT2D eigenvalue weighted by atomic mass is 32.1. The predicted molar refractivity (Wildman–Crippen MR) is 135 cm³/mol. The SMILES string of the molecule is Cc1ccc(-c2nnn(CC(=O)N(Cc3ccco3)[C@H](C(=O)NC3CCCC3)c3cccs3)n2)cc1. The number of carbonyl (C=O) groups is 2. The van der Waals surface area contributed by atoms with E-state index in [1.54, 1.807) is 23.3 Å². The highest BCUT2D eigenvalue weighted by molar-refractivity contribution is 7.10. The van der Waals surface area contributed by atoms with Crippen molar-refractivity contribution in [2.24, 2.45) is 0 Å². The minimum absolute atomic E-state index is 0.134. The van der Waals surface area contributed by atoms with Crippen molar-refractivity contribution in [2.75, 3.05) is 0 Å². The summed E-state index contributed by atoms with van der Waals surface area (Å²) in [6.07, 6.45) is 5.68. The second-order valence-corrected chi connectivity index (χ2v) is 10.00. The number of amides is 2. The Labute approximate surface area is 213 Å². The van der Waals surface area contributed by atoms with Crippen LogP contribution in [0.1, 0.15) is 47.9 Å². The van der Waals surface area contributed by atoms with E-state index in [4.69, 9.17) is 4.42 Å². The highest BCUT2D eigenvalue weighted by Crippen LogP contribution is 2.29. The lowest BCUT2D eigenvalue weighted by Gasteiger charge is -2.30. The summed E-state index contributed by atoms with van der Waals surface area (Å²) in [5.74, 6) is 0.537. The van der Waals surface area contributed by atoms with Gasteiger partial charge >= 0.3 is 0 Å². The Balaban J connectivity index is 1.41. The second kappa shape index (κ2) is 10.9. The van der Waals surface area contributed by atoms with Gasteiger partial charge in [-0.15, -0.1) is 21.5 Å².